The number of methoxy groups -OCH3 is 1. The molecule has 0 bridgehead atoms. The lowest BCUT2D eigenvalue weighted by Crippen LogP contribution is -2.06. The Hall–Kier alpha value is -1.99. The van der Waals surface area contributed by atoms with Gasteiger partial charge in [-0.05, 0) is 30.5 Å². The zero-order chi connectivity index (χ0) is 19.2. The van der Waals surface area contributed by atoms with Crippen molar-refractivity contribution < 1.29 is 27.4 Å². The van der Waals surface area contributed by atoms with Gasteiger partial charge < -0.3 is 14.2 Å². The third kappa shape index (κ3) is 5.51. The highest BCUT2D eigenvalue weighted by Crippen LogP contribution is 2.36. The number of alkyl halides is 3. The summed E-state index contributed by atoms with van der Waals surface area (Å²) < 4.78 is 54.3. The number of pyridine rings is 1. The quantitative estimate of drug-likeness (QED) is 0.572. The normalized spacial score (nSPS) is 11.5. The molecule has 0 spiro atoms. The molecule has 141 valence electrons. The molecule has 0 fully saturated rings. The van der Waals surface area contributed by atoms with Crippen LogP contribution in [0.15, 0.2) is 30.5 Å². The minimum Gasteiger partial charge on any atom is -0.491 e. The maximum atomic E-state index is 12.7. The van der Waals surface area contributed by atoms with Crippen LogP contribution in [0.5, 0.6) is 17.4 Å². The summed E-state index contributed by atoms with van der Waals surface area (Å²) in [5, 5.41) is -0.230. The van der Waals surface area contributed by atoms with Gasteiger partial charge in [-0.3, -0.25) is 0 Å². The molecule has 1 heterocycles. The number of hydrogen-bond donors (Lipinski definition) is 0. The largest absolute Gasteiger partial charge is 0.491 e. The van der Waals surface area contributed by atoms with Crippen molar-refractivity contribution >= 4 is 11.6 Å². The van der Waals surface area contributed by atoms with E-state index in [0.29, 0.717) is 43.8 Å². The molecule has 1 aromatic heterocycles. The Morgan fingerprint density at radius 3 is 2.58 bits per heavy atom. The Morgan fingerprint density at radius 1 is 1.19 bits per heavy atom. The third-order valence-electron chi connectivity index (χ3n) is 3.38. The van der Waals surface area contributed by atoms with Gasteiger partial charge in [-0.15, -0.1) is 0 Å². The van der Waals surface area contributed by atoms with Gasteiger partial charge in [0, 0.05) is 19.4 Å². The van der Waals surface area contributed by atoms with E-state index in [0.717, 1.165) is 11.6 Å². The van der Waals surface area contributed by atoms with Crippen molar-refractivity contribution in [1.82, 2.24) is 4.98 Å². The van der Waals surface area contributed by atoms with Crippen LogP contribution in [0.3, 0.4) is 0 Å². The third-order valence-corrected chi connectivity index (χ3v) is 3.65. The average molecular weight is 389 g/mol. The summed E-state index contributed by atoms with van der Waals surface area (Å²) in [6, 6.07) is 6.00. The molecule has 0 atom stereocenters. The minimum atomic E-state index is -4.52. The van der Waals surface area contributed by atoms with Crippen molar-refractivity contribution in [2.45, 2.75) is 19.0 Å². The molecule has 0 aliphatic carbocycles. The number of benzene rings is 1. The highest BCUT2D eigenvalue weighted by atomic mass is 35.5. The van der Waals surface area contributed by atoms with Crippen LogP contribution in [0.4, 0.5) is 13.2 Å². The van der Waals surface area contributed by atoms with Crippen LogP contribution in [-0.4, -0.2) is 25.3 Å². The van der Waals surface area contributed by atoms with Gasteiger partial charge in [-0.1, -0.05) is 24.6 Å². The number of rotatable bonds is 8. The molecule has 2 rings (SSSR count). The fraction of sp³-hybridized carbons (Fsp3) is 0.333. The summed E-state index contributed by atoms with van der Waals surface area (Å²) in [4.78, 5) is 3.70. The SMILES string of the molecule is [CH2]CCc1ccc(OCCOC)cc1Oc1ncc(C(F)(F)F)cc1Cl. The number of aromatic nitrogens is 1. The van der Waals surface area contributed by atoms with Gasteiger partial charge in [0.15, 0.2) is 0 Å². The first-order valence-corrected chi connectivity index (χ1v) is 8.17. The van der Waals surface area contributed by atoms with E-state index in [2.05, 4.69) is 11.9 Å². The summed E-state index contributed by atoms with van der Waals surface area (Å²) in [6.45, 7) is 4.57. The van der Waals surface area contributed by atoms with Crippen molar-refractivity contribution in [1.29, 1.82) is 0 Å². The fourth-order valence-electron chi connectivity index (χ4n) is 2.12. The molecule has 0 amide bonds. The standard InChI is InChI=1S/C18H18ClF3NO3/c1-3-4-12-5-6-14(25-8-7-24-2)10-16(12)26-17-15(19)9-13(11-23-17)18(20,21)22/h5-6,9-11H,1,3-4,7-8H2,2H3. The van der Waals surface area contributed by atoms with Crippen LogP contribution in [0.25, 0.3) is 0 Å². The Kier molecular flexibility index (Phi) is 7.11. The molecule has 0 N–H and O–H groups in total. The van der Waals surface area contributed by atoms with E-state index in [9.17, 15) is 13.2 Å². The summed E-state index contributed by atoms with van der Waals surface area (Å²) >= 11 is 5.91. The molecule has 0 unspecified atom stereocenters. The molecule has 8 heteroatoms. The van der Waals surface area contributed by atoms with Crippen molar-refractivity contribution in [2.24, 2.45) is 0 Å². The van der Waals surface area contributed by atoms with Gasteiger partial charge in [0.25, 0.3) is 0 Å². The molecule has 1 radical (unpaired) electrons. The summed E-state index contributed by atoms with van der Waals surface area (Å²) in [6.07, 6.45) is -2.61. The first-order chi connectivity index (χ1) is 12.3. The highest BCUT2D eigenvalue weighted by molar-refractivity contribution is 6.31. The van der Waals surface area contributed by atoms with E-state index in [4.69, 9.17) is 25.8 Å². The molecule has 0 aliphatic rings. The van der Waals surface area contributed by atoms with Gasteiger partial charge in [-0.25, -0.2) is 4.98 Å². The lowest BCUT2D eigenvalue weighted by atomic mass is 10.1. The topological polar surface area (TPSA) is 40.6 Å². The van der Waals surface area contributed by atoms with Crippen LogP contribution in [0.1, 0.15) is 17.5 Å². The molecule has 2 aromatic rings. The van der Waals surface area contributed by atoms with Crippen molar-refractivity contribution in [3.05, 3.63) is 53.5 Å². The minimum absolute atomic E-state index is 0.112. The van der Waals surface area contributed by atoms with Crippen molar-refractivity contribution in [3.63, 3.8) is 0 Å². The second-order valence-electron chi connectivity index (χ2n) is 5.33. The monoisotopic (exact) mass is 388 g/mol. The number of ether oxygens (including phenoxy) is 3. The Morgan fingerprint density at radius 2 is 1.96 bits per heavy atom. The zero-order valence-corrected chi connectivity index (χ0v) is 14.9. The molecule has 4 nitrogen and oxygen atoms in total. The molecule has 0 saturated carbocycles. The Balaban J connectivity index is 2.27. The summed E-state index contributed by atoms with van der Waals surface area (Å²) in [5.74, 6) is 0.824. The van der Waals surface area contributed by atoms with E-state index < -0.39 is 11.7 Å². The Bertz CT molecular complexity index is 738. The second-order valence-corrected chi connectivity index (χ2v) is 5.73. The van der Waals surface area contributed by atoms with Crippen LogP contribution in [0.2, 0.25) is 5.02 Å². The first-order valence-electron chi connectivity index (χ1n) is 7.79. The van der Waals surface area contributed by atoms with E-state index >= 15 is 0 Å². The van der Waals surface area contributed by atoms with Crippen LogP contribution < -0.4 is 9.47 Å². The lowest BCUT2D eigenvalue weighted by molar-refractivity contribution is -0.137. The van der Waals surface area contributed by atoms with Gasteiger partial charge in [0.2, 0.25) is 5.88 Å². The predicted molar refractivity (Wildman–Crippen MR) is 91.8 cm³/mol. The highest BCUT2D eigenvalue weighted by Gasteiger charge is 2.31. The van der Waals surface area contributed by atoms with Crippen LogP contribution in [-0.2, 0) is 17.3 Å². The first kappa shape index (κ1) is 20.3. The van der Waals surface area contributed by atoms with Gasteiger partial charge in [0.1, 0.15) is 23.1 Å². The van der Waals surface area contributed by atoms with Crippen LogP contribution >= 0.6 is 11.6 Å². The van der Waals surface area contributed by atoms with E-state index in [1.807, 2.05) is 0 Å². The van der Waals surface area contributed by atoms with Crippen molar-refractivity contribution in [3.8, 4) is 17.4 Å². The number of halogens is 4. The lowest BCUT2D eigenvalue weighted by Gasteiger charge is -2.14. The summed E-state index contributed by atoms with van der Waals surface area (Å²) in [7, 11) is 1.56. The maximum absolute atomic E-state index is 12.7. The van der Waals surface area contributed by atoms with E-state index in [-0.39, 0.29) is 10.9 Å². The summed E-state index contributed by atoms with van der Waals surface area (Å²) in [5.41, 5.74) is -0.124. The maximum Gasteiger partial charge on any atom is 0.417 e. The predicted octanol–water partition coefficient (Wildman–Crippen LogP) is 5.34. The second kappa shape index (κ2) is 9.09. The van der Waals surface area contributed by atoms with Gasteiger partial charge in [0.05, 0.1) is 12.2 Å². The smallest absolute Gasteiger partial charge is 0.417 e. The number of hydrogen-bond acceptors (Lipinski definition) is 4. The molecule has 26 heavy (non-hydrogen) atoms. The van der Waals surface area contributed by atoms with Gasteiger partial charge >= 0.3 is 6.18 Å². The van der Waals surface area contributed by atoms with Crippen LogP contribution in [0, 0.1) is 6.92 Å². The fourth-order valence-corrected chi connectivity index (χ4v) is 2.32. The molecular weight excluding hydrogens is 371 g/mol. The number of aryl methyl sites for hydroxylation is 1. The number of nitrogens with zero attached hydrogens (tertiary/aromatic N) is 1. The molecule has 1 aromatic carbocycles. The van der Waals surface area contributed by atoms with Crippen molar-refractivity contribution in [2.75, 3.05) is 20.3 Å². The van der Waals surface area contributed by atoms with E-state index in [1.54, 1.807) is 25.3 Å². The average Bonchev–Trinajstić information content (AvgIpc) is 2.58. The van der Waals surface area contributed by atoms with Gasteiger partial charge in [-0.2, -0.15) is 13.2 Å². The Labute approximate surface area is 154 Å². The van der Waals surface area contributed by atoms with E-state index in [1.165, 1.54) is 0 Å². The molecule has 0 aliphatic heterocycles. The molecular formula is C18H18ClF3NO3. The molecule has 0 saturated heterocycles. The zero-order valence-electron chi connectivity index (χ0n) is 14.1.